The maximum absolute atomic E-state index is 13.1. The molecule has 0 radical (unpaired) electrons. The van der Waals surface area contributed by atoms with Gasteiger partial charge in [-0.2, -0.15) is 0 Å². The highest BCUT2D eigenvalue weighted by Gasteiger charge is 2.36. The fourth-order valence-corrected chi connectivity index (χ4v) is 5.32. The Morgan fingerprint density at radius 3 is 2.42 bits per heavy atom. The Morgan fingerprint density at radius 1 is 1.00 bits per heavy atom. The lowest BCUT2D eigenvalue weighted by molar-refractivity contribution is -0.141. The largest absolute Gasteiger partial charge is 0.497 e. The van der Waals surface area contributed by atoms with Crippen molar-refractivity contribution in [1.29, 1.82) is 0 Å². The van der Waals surface area contributed by atoms with E-state index in [9.17, 15) is 9.59 Å². The Balaban J connectivity index is 1.49. The second-order valence-corrected chi connectivity index (χ2v) is 11.5. The third kappa shape index (κ3) is 6.90. The maximum atomic E-state index is 13.1. The van der Waals surface area contributed by atoms with Crippen molar-refractivity contribution < 1.29 is 33.0 Å². The quantitative estimate of drug-likeness (QED) is 0.209. The van der Waals surface area contributed by atoms with E-state index in [1.54, 1.807) is 12.0 Å². The van der Waals surface area contributed by atoms with Crippen molar-refractivity contribution in [1.82, 2.24) is 14.9 Å². The number of benzene rings is 2. The van der Waals surface area contributed by atoms with Gasteiger partial charge in [-0.05, 0) is 44.9 Å². The maximum Gasteiger partial charge on any atom is 0.410 e. The minimum absolute atomic E-state index is 0.175. The minimum atomic E-state index is -0.639. The van der Waals surface area contributed by atoms with E-state index >= 15 is 0 Å². The molecule has 3 heterocycles. The smallest absolute Gasteiger partial charge is 0.410 e. The van der Waals surface area contributed by atoms with E-state index in [1.807, 2.05) is 75.4 Å². The Kier molecular flexibility index (Phi) is 8.84. The third-order valence-corrected chi connectivity index (χ3v) is 7.35. The summed E-state index contributed by atoms with van der Waals surface area (Å²) in [6.07, 6.45) is 2.38. The van der Waals surface area contributed by atoms with Crippen LogP contribution in [0.25, 0.3) is 33.6 Å². The summed E-state index contributed by atoms with van der Waals surface area (Å²) in [6, 6.07) is 17.3. The van der Waals surface area contributed by atoms with E-state index in [1.165, 1.54) is 13.4 Å². The van der Waals surface area contributed by atoms with Gasteiger partial charge in [0.25, 0.3) is 0 Å². The molecule has 0 N–H and O–H groups in total. The van der Waals surface area contributed by atoms with Gasteiger partial charge < -0.3 is 28.3 Å². The first-order valence-corrected chi connectivity index (χ1v) is 14.4. The molecule has 1 fully saturated rings. The van der Waals surface area contributed by atoms with Gasteiger partial charge in [0, 0.05) is 43.0 Å². The molecule has 10 nitrogen and oxygen atoms in total. The SMILES string of the molecule is COC(=O)CCC1CC(Oc2ncnc3oc(-c4ccccc4)c(-c4ccc(OC)cc4)c23)CCN1C(=O)OC(C)(C)C. The highest BCUT2D eigenvalue weighted by atomic mass is 16.6. The summed E-state index contributed by atoms with van der Waals surface area (Å²) < 4.78 is 28.8. The van der Waals surface area contributed by atoms with Crippen LogP contribution in [0, 0.1) is 0 Å². The number of carbonyl (C=O) groups is 2. The molecule has 1 aliphatic heterocycles. The second-order valence-electron chi connectivity index (χ2n) is 11.5. The van der Waals surface area contributed by atoms with Gasteiger partial charge in [0.05, 0.1) is 14.2 Å². The van der Waals surface area contributed by atoms with E-state index in [0.717, 1.165) is 22.4 Å². The predicted molar refractivity (Wildman–Crippen MR) is 161 cm³/mol. The molecule has 43 heavy (non-hydrogen) atoms. The third-order valence-electron chi connectivity index (χ3n) is 7.35. The number of esters is 1. The number of likely N-dealkylation sites (tertiary alicyclic amines) is 1. The van der Waals surface area contributed by atoms with Crippen molar-refractivity contribution >= 4 is 23.2 Å². The summed E-state index contributed by atoms with van der Waals surface area (Å²) >= 11 is 0. The van der Waals surface area contributed by atoms with Crippen LogP contribution in [-0.2, 0) is 14.3 Å². The number of fused-ring (bicyclic) bond motifs is 1. The zero-order chi connectivity index (χ0) is 30.6. The fourth-order valence-electron chi connectivity index (χ4n) is 5.32. The van der Waals surface area contributed by atoms with Crippen LogP contribution in [0.5, 0.6) is 11.6 Å². The molecular formula is C33H37N3O7. The van der Waals surface area contributed by atoms with Crippen LogP contribution in [0.2, 0.25) is 0 Å². The van der Waals surface area contributed by atoms with E-state index in [0.29, 0.717) is 48.5 Å². The van der Waals surface area contributed by atoms with Gasteiger partial charge in [-0.25, -0.2) is 14.8 Å². The summed E-state index contributed by atoms with van der Waals surface area (Å²) in [6.45, 7) is 5.91. The zero-order valence-electron chi connectivity index (χ0n) is 25.2. The molecule has 226 valence electrons. The van der Waals surface area contributed by atoms with Gasteiger partial charge in [-0.3, -0.25) is 4.79 Å². The Labute approximate surface area is 250 Å². The Hall–Kier alpha value is -4.60. The van der Waals surface area contributed by atoms with Crippen molar-refractivity contribution in [2.24, 2.45) is 0 Å². The topological polar surface area (TPSA) is 113 Å². The van der Waals surface area contributed by atoms with E-state index < -0.39 is 11.7 Å². The average molecular weight is 588 g/mol. The number of aromatic nitrogens is 2. The van der Waals surface area contributed by atoms with Gasteiger partial charge in [-0.1, -0.05) is 42.5 Å². The molecule has 2 aromatic carbocycles. The summed E-state index contributed by atoms with van der Waals surface area (Å²) in [7, 11) is 2.99. The molecule has 5 rings (SSSR count). The van der Waals surface area contributed by atoms with Crippen molar-refractivity contribution in [2.75, 3.05) is 20.8 Å². The first-order chi connectivity index (χ1) is 20.7. The molecule has 0 saturated carbocycles. The number of carbonyl (C=O) groups excluding carboxylic acids is 2. The first kappa shape index (κ1) is 29.9. The van der Waals surface area contributed by atoms with Gasteiger partial charge in [0.2, 0.25) is 11.6 Å². The summed E-state index contributed by atoms with van der Waals surface area (Å²) in [5, 5.41) is 0.659. The monoisotopic (exact) mass is 587 g/mol. The minimum Gasteiger partial charge on any atom is -0.497 e. The average Bonchev–Trinajstić information content (AvgIpc) is 3.40. The molecule has 0 bridgehead atoms. The normalized spacial score (nSPS) is 17.0. The van der Waals surface area contributed by atoms with E-state index in [2.05, 4.69) is 9.97 Å². The highest BCUT2D eigenvalue weighted by Crippen LogP contribution is 2.44. The van der Waals surface area contributed by atoms with Gasteiger partial charge in [0.1, 0.15) is 34.9 Å². The lowest BCUT2D eigenvalue weighted by atomic mass is 9.95. The number of ether oxygens (including phenoxy) is 4. The van der Waals surface area contributed by atoms with Gasteiger partial charge in [-0.15, -0.1) is 0 Å². The standard InChI is InChI=1S/C33H37N3O7/c1-33(2,3)43-32(38)36-18-17-25(19-23(36)13-16-26(37)40-5)41-30-28-27(21-11-14-24(39-4)15-12-21)29(22-9-7-6-8-10-22)42-31(28)35-20-34-30/h6-12,14-15,20,23,25H,13,16-19H2,1-5H3. The summed E-state index contributed by atoms with van der Waals surface area (Å²) in [4.78, 5) is 35.7. The van der Waals surface area contributed by atoms with Crippen molar-refractivity contribution in [3.63, 3.8) is 0 Å². The molecule has 2 atom stereocenters. The molecule has 2 unspecified atom stereocenters. The lowest BCUT2D eigenvalue weighted by Crippen LogP contribution is -2.50. The van der Waals surface area contributed by atoms with Crippen LogP contribution in [0.1, 0.15) is 46.5 Å². The molecule has 2 aromatic heterocycles. The number of methoxy groups -OCH3 is 2. The van der Waals surface area contributed by atoms with Crippen LogP contribution >= 0.6 is 0 Å². The van der Waals surface area contributed by atoms with Crippen LogP contribution < -0.4 is 9.47 Å². The van der Waals surface area contributed by atoms with Crippen molar-refractivity contribution in [2.45, 2.75) is 64.2 Å². The molecule has 10 heteroatoms. The molecular weight excluding hydrogens is 550 g/mol. The van der Waals surface area contributed by atoms with Crippen molar-refractivity contribution in [3.8, 4) is 34.1 Å². The number of piperidine rings is 1. The fraction of sp³-hybridized carbons (Fsp3) is 0.394. The second kappa shape index (κ2) is 12.7. The molecule has 1 saturated heterocycles. The van der Waals surface area contributed by atoms with Gasteiger partial charge >= 0.3 is 12.1 Å². The number of rotatable bonds is 8. The van der Waals surface area contributed by atoms with Crippen molar-refractivity contribution in [3.05, 3.63) is 60.9 Å². The zero-order valence-corrected chi connectivity index (χ0v) is 25.2. The number of furan rings is 1. The molecule has 4 aromatic rings. The first-order valence-electron chi connectivity index (χ1n) is 14.4. The molecule has 1 amide bonds. The van der Waals surface area contributed by atoms with E-state index in [4.69, 9.17) is 23.4 Å². The Morgan fingerprint density at radius 2 is 1.74 bits per heavy atom. The van der Waals surface area contributed by atoms with Crippen LogP contribution in [0.15, 0.2) is 65.3 Å². The number of hydrogen-bond donors (Lipinski definition) is 0. The highest BCUT2D eigenvalue weighted by molar-refractivity contribution is 6.03. The number of hydrogen-bond acceptors (Lipinski definition) is 9. The lowest BCUT2D eigenvalue weighted by Gasteiger charge is -2.39. The molecule has 0 spiro atoms. The van der Waals surface area contributed by atoms with Crippen LogP contribution in [-0.4, -0.2) is 65.4 Å². The Bertz CT molecular complexity index is 1560. The summed E-state index contributed by atoms with van der Waals surface area (Å²) in [5.74, 6) is 1.45. The molecule has 0 aliphatic carbocycles. The number of amides is 1. The summed E-state index contributed by atoms with van der Waals surface area (Å²) in [5.41, 5.74) is 2.37. The predicted octanol–water partition coefficient (Wildman–Crippen LogP) is 6.67. The molecule has 1 aliphatic rings. The van der Waals surface area contributed by atoms with Crippen LogP contribution in [0.4, 0.5) is 4.79 Å². The van der Waals surface area contributed by atoms with Crippen LogP contribution in [0.3, 0.4) is 0 Å². The van der Waals surface area contributed by atoms with E-state index in [-0.39, 0.29) is 24.5 Å². The van der Waals surface area contributed by atoms with Gasteiger partial charge in [0.15, 0.2) is 0 Å². The number of nitrogens with zero attached hydrogens (tertiary/aromatic N) is 3.